The molecule has 114 valence electrons. The largest absolute Gasteiger partial charge is 0.327 e. The maximum atomic E-state index is 14.0. The maximum Gasteiger partial charge on any atom is 0.138 e. The Balaban J connectivity index is 2.09. The molecule has 0 unspecified atom stereocenters. The number of aryl methyl sites for hydroxylation is 1. The van der Waals surface area contributed by atoms with E-state index in [-0.39, 0.29) is 5.82 Å². The van der Waals surface area contributed by atoms with Crippen LogP contribution in [0.25, 0.3) is 11.0 Å². The number of rotatable bonds is 5. The number of imidazole rings is 1. The first-order chi connectivity index (χ1) is 9.97. The highest BCUT2D eigenvalue weighted by atomic mass is 127. The molecule has 5 heteroatoms. The summed E-state index contributed by atoms with van der Waals surface area (Å²) in [6, 6.07) is 3.45. The van der Waals surface area contributed by atoms with E-state index in [1.54, 1.807) is 6.07 Å². The van der Waals surface area contributed by atoms with E-state index < -0.39 is 0 Å². The normalized spacial score (nSPS) is 16.9. The average molecular weight is 421 g/mol. The van der Waals surface area contributed by atoms with Gasteiger partial charge in [-0.2, -0.15) is 0 Å². The summed E-state index contributed by atoms with van der Waals surface area (Å²) in [5.41, 5.74) is 2.13. The van der Waals surface area contributed by atoms with Crippen LogP contribution < -0.4 is 0 Å². The molecule has 0 radical (unpaired) electrons. The van der Waals surface area contributed by atoms with Crippen LogP contribution >= 0.6 is 34.2 Å². The van der Waals surface area contributed by atoms with Gasteiger partial charge < -0.3 is 4.57 Å². The summed E-state index contributed by atoms with van der Waals surface area (Å²) >= 11 is 7.93. The Morgan fingerprint density at radius 3 is 2.71 bits per heavy atom. The summed E-state index contributed by atoms with van der Waals surface area (Å²) in [4.78, 5) is 4.68. The first-order valence-electron chi connectivity index (χ1n) is 7.37. The Morgan fingerprint density at radius 2 is 2.14 bits per heavy atom. The second-order valence-corrected chi connectivity index (χ2v) is 7.87. The van der Waals surface area contributed by atoms with Crippen molar-refractivity contribution in [2.75, 3.05) is 5.88 Å². The number of fused-ring (bicyclic) bond motifs is 1. The third-order valence-corrected chi connectivity index (χ3v) is 5.79. The van der Waals surface area contributed by atoms with Gasteiger partial charge in [-0.15, -0.1) is 11.6 Å². The number of hydrogen-bond acceptors (Lipinski definition) is 1. The smallest absolute Gasteiger partial charge is 0.138 e. The molecule has 21 heavy (non-hydrogen) atoms. The van der Waals surface area contributed by atoms with Crippen LogP contribution in [0.5, 0.6) is 0 Å². The number of alkyl halides is 1. The van der Waals surface area contributed by atoms with Gasteiger partial charge in [0.1, 0.15) is 11.6 Å². The van der Waals surface area contributed by atoms with Crippen LogP contribution in [0.2, 0.25) is 0 Å². The van der Waals surface area contributed by atoms with E-state index in [2.05, 4.69) is 23.4 Å². The van der Waals surface area contributed by atoms with Crippen molar-refractivity contribution in [2.24, 2.45) is 11.3 Å². The SMILES string of the molecule is CC(C)C1(Cn2c(CCCl)nc3cc(I)c(F)cc32)CC1. The fourth-order valence-electron chi connectivity index (χ4n) is 3.02. The van der Waals surface area contributed by atoms with Crippen LogP contribution in [0.4, 0.5) is 4.39 Å². The van der Waals surface area contributed by atoms with E-state index in [0.717, 1.165) is 29.8 Å². The van der Waals surface area contributed by atoms with Gasteiger partial charge in [0.25, 0.3) is 0 Å². The molecular weight excluding hydrogens is 402 g/mol. The summed E-state index contributed by atoms with van der Waals surface area (Å²) in [7, 11) is 0. The standard InChI is InChI=1S/C16H19ClFIN2/c1-10(2)16(4-5-16)9-21-14-7-11(18)12(19)8-13(14)20-15(21)3-6-17/h7-8,10H,3-6,9H2,1-2H3. The monoisotopic (exact) mass is 420 g/mol. The predicted octanol–water partition coefficient (Wildman–Crippen LogP) is 5.00. The first-order valence-corrected chi connectivity index (χ1v) is 8.98. The quantitative estimate of drug-likeness (QED) is 0.492. The molecule has 0 spiro atoms. The van der Waals surface area contributed by atoms with Crippen molar-refractivity contribution in [3.63, 3.8) is 0 Å². The molecule has 0 atom stereocenters. The molecule has 0 bridgehead atoms. The van der Waals surface area contributed by atoms with Crippen LogP contribution in [0, 0.1) is 20.7 Å². The summed E-state index contributed by atoms with van der Waals surface area (Å²) in [6.45, 7) is 5.47. The Kier molecular flexibility index (Phi) is 4.21. The Labute approximate surface area is 143 Å². The van der Waals surface area contributed by atoms with E-state index in [0.29, 0.717) is 20.8 Å². The Morgan fingerprint density at radius 1 is 1.43 bits per heavy atom. The summed E-state index contributed by atoms with van der Waals surface area (Å²) in [5, 5.41) is 0. The minimum Gasteiger partial charge on any atom is -0.327 e. The summed E-state index contributed by atoms with van der Waals surface area (Å²) in [5.74, 6) is 1.98. The third kappa shape index (κ3) is 2.81. The van der Waals surface area contributed by atoms with Crippen molar-refractivity contribution in [3.05, 3.63) is 27.3 Å². The van der Waals surface area contributed by atoms with Crippen molar-refractivity contribution in [2.45, 2.75) is 39.7 Å². The average Bonchev–Trinajstić information content (AvgIpc) is 3.14. The van der Waals surface area contributed by atoms with Gasteiger partial charge >= 0.3 is 0 Å². The molecule has 1 fully saturated rings. The molecule has 0 saturated heterocycles. The molecule has 2 aromatic rings. The molecular formula is C16H19ClFIN2. The van der Waals surface area contributed by atoms with Gasteiger partial charge in [-0.05, 0) is 52.8 Å². The lowest BCUT2D eigenvalue weighted by molar-refractivity contribution is 0.309. The fraction of sp³-hybridized carbons (Fsp3) is 0.562. The Bertz CT molecular complexity index is 676. The molecule has 0 aliphatic heterocycles. The van der Waals surface area contributed by atoms with Crippen LogP contribution in [-0.2, 0) is 13.0 Å². The lowest BCUT2D eigenvalue weighted by atomic mass is 9.92. The van der Waals surface area contributed by atoms with Crippen molar-refractivity contribution >= 4 is 45.2 Å². The van der Waals surface area contributed by atoms with Gasteiger partial charge in [-0.3, -0.25) is 0 Å². The van der Waals surface area contributed by atoms with Gasteiger partial charge in [-0.1, -0.05) is 13.8 Å². The van der Waals surface area contributed by atoms with Crippen molar-refractivity contribution in [3.8, 4) is 0 Å². The van der Waals surface area contributed by atoms with Crippen molar-refractivity contribution in [1.29, 1.82) is 0 Å². The van der Waals surface area contributed by atoms with E-state index in [4.69, 9.17) is 11.6 Å². The second-order valence-electron chi connectivity index (χ2n) is 6.33. The van der Waals surface area contributed by atoms with Gasteiger partial charge in [-0.25, -0.2) is 9.37 Å². The molecule has 1 aliphatic carbocycles. The lowest BCUT2D eigenvalue weighted by Gasteiger charge is -2.22. The molecule has 3 rings (SSSR count). The van der Waals surface area contributed by atoms with E-state index in [9.17, 15) is 4.39 Å². The molecule has 1 saturated carbocycles. The minimum absolute atomic E-state index is 0.170. The zero-order valence-corrected chi connectivity index (χ0v) is 15.2. The highest BCUT2D eigenvalue weighted by Crippen LogP contribution is 2.53. The lowest BCUT2D eigenvalue weighted by Crippen LogP contribution is -2.19. The van der Waals surface area contributed by atoms with Gasteiger partial charge in [0.15, 0.2) is 0 Å². The zero-order chi connectivity index (χ0) is 15.2. The van der Waals surface area contributed by atoms with Crippen LogP contribution in [0.15, 0.2) is 12.1 Å². The van der Waals surface area contributed by atoms with Gasteiger partial charge in [0.05, 0.1) is 14.6 Å². The molecule has 1 aromatic carbocycles. The molecule has 1 aromatic heterocycles. The third-order valence-electron chi connectivity index (χ3n) is 4.78. The highest BCUT2D eigenvalue weighted by Gasteiger charge is 2.46. The van der Waals surface area contributed by atoms with Crippen molar-refractivity contribution in [1.82, 2.24) is 9.55 Å². The molecule has 2 nitrogen and oxygen atoms in total. The predicted molar refractivity (Wildman–Crippen MR) is 93.3 cm³/mol. The maximum absolute atomic E-state index is 14.0. The number of benzene rings is 1. The number of halogens is 3. The van der Waals surface area contributed by atoms with Crippen LogP contribution in [-0.4, -0.2) is 15.4 Å². The minimum atomic E-state index is -0.170. The first kappa shape index (κ1) is 15.5. The molecule has 1 aliphatic rings. The molecule has 0 amide bonds. The van der Waals surface area contributed by atoms with E-state index >= 15 is 0 Å². The van der Waals surface area contributed by atoms with Crippen molar-refractivity contribution < 1.29 is 4.39 Å². The summed E-state index contributed by atoms with van der Waals surface area (Å²) in [6.07, 6.45) is 3.22. The summed E-state index contributed by atoms with van der Waals surface area (Å²) < 4.78 is 16.8. The van der Waals surface area contributed by atoms with Crippen LogP contribution in [0.1, 0.15) is 32.5 Å². The highest BCUT2D eigenvalue weighted by molar-refractivity contribution is 14.1. The van der Waals surface area contributed by atoms with Gasteiger partial charge in [0, 0.05) is 24.9 Å². The Hall–Kier alpha value is -0.360. The topological polar surface area (TPSA) is 17.8 Å². The zero-order valence-electron chi connectivity index (χ0n) is 12.3. The fourth-order valence-corrected chi connectivity index (χ4v) is 3.64. The number of nitrogens with zero attached hydrogens (tertiary/aromatic N) is 2. The van der Waals surface area contributed by atoms with Crippen LogP contribution in [0.3, 0.4) is 0 Å². The molecule has 1 heterocycles. The van der Waals surface area contributed by atoms with Gasteiger partial charge in [0.2, 0.25) is 0 Å². The van der Waals surface area contributed by atoms with E-state index in [1.807, 2.05) is 28.7 Å². The number of hydrogen-bond donors (Lipinski definition) is 0. The second kappa shape index (κ2) is 5.69. The van der Waals surface area contributed by atoms with E-state index in [1.165, 1.54) is 12.8 Å². The molecule has 0 N–H and O–H groups in total. The number of aromatic nitrogens is 2.